The number of hydrogen-bond acceptors (Lipinski definition) is 1. The van der Waals surface area contributed by atoms with Crippen LogP contribution in [0, 0.1) is 12.3 Å². The van der Waals surface area contributed by atoms with Gasteiger partial charge in [-0.15, -0.1) is 12.3 Å². The minimum atomic E-state index is 0.771. The molecule has 0 aliphatic carbocycles. The summed E-state index contributed by atoms with van der Waals surface area (Å²) in [6.45, 7) is 0. The van der Waals surface area contributed by atoms with Crippen LogP contribution in [0.1, 0.15) is 12.1 Å². The molecule has 0 aliphatic rings. The predicted octanol–water partition coefficient (Wildman–Crippen LogP) is 2.13. The molecule has 1 N–H and O–H groups in total. The summed E-state index contributed by atoms with van der Waals surface area (Å²) < 4.78 is 0. The summed E-state index contributed by atoms with van der Waals surface area (Å²) >= 11 is 0. The minimum absolute atomic E-state index is 0.771. The molecule has 0 amide bonds. The highest BCUT2D eigenvalue weighted by molar-refractivity contribution is 5.75. The van der Waals surface area contributed by atoms with E-state index in [1.807, 2.05) is 18.2 Å². The standard InChI is InChI=1S/C11H10N2/c1-2-3-5-9-8-11-10(13-9)6-4-7-12-11/h1,4,6-8,13H,3,5H2. The van der Waals surface area contributed by atoms with E-state index in [9.17, 15) is 0 Å². The number of rotatable bonds is 2. The zero-order valence-corrected chi connectivity index (χ0v) is 7.25. The third kappa shape index (κ3) is 1.54. The largest absolute Gasteiger partial charge is 0.357 e. The molecule has 64 valence electrons. The molecule has 2 nitrogen and oxygen atoms in total. The second-order valence-corrected chi connectivity index (χ2v) is 2.93. The van der Waals surface area contributed by atoms with E-state index in [0.717, 1.165) is 29.6 Å². The van der Waals surface area contributed by atoms with Crippen LogP contribution < -0.4 is 0 Å². The SMILES string of the molecule is C#CCCc1cc2ncccc2[nH]1. The van der Waals surface area contributed by atoms with Crippen molar-refractivity contribution in [1.82, 2.24) is 9.97 Å². The zero-order valence-electron chi connectivity index (χ0n) is 7.25. The Balaban J connectivity index is 2.34. The minimum Gasteiger partial charge on any atom is -0.357 e. The van der Waals surface area contributed by atoms with Crippen molar-refractivity contribution in [2.75, 3.05) is 0 Å². The Morgan fingerprint density at radius 1 is 1.54 bits per heavy atom. The van der Waals surface area contributed by atoms with Crippen LogP contribution in [0.15, 0.2) is 24.4 Å². The third-order valence-corrected chi connectivity index (χ3v) is 1.98. The second kappa shape index (κ2) is 3.32. The van der Waals surface area contributed by atoms with E-state index in [4.69, 9.17) is 6.42 Å². The molecule has 0 spiro atoms. The van der Waals surface area contributed by atoms with Crippen LogP contribution >= 0.6 is 0 Å². The van der Waals surface area contributed by atoms with E-state index in [1.165, 1.54) is 0 Å². The van der Waals surface area contributed by atoms with E-state index < -0.39 is 0 Å². The van der Waals surface area contributed by atoms with E-state index in [2.05, 4.69) is 15.9 Å². The lowest BCUT2D eigenvalue weighted by Gasteiger charge is -1.88. The lowest BCUT2D eigenvalue weighted by molar-refractivity contribution is 0.987. The second-order valence-electron chi connectivity index (χ2n) is 2.93. The zero-order chi connectivity index (χ0) is 9.10. The first-order valence-corrected chi connectivity index (χ1v) is 4.26. The predicted molar refractivity (Wildman–Crippen MR) is 53.2 cm³/mol. The summed E-state index contributed by atoms with van der Waals surface area (Å²) in [7, 11) is 0. The Labute approximate surface area is 77.0 Å². The number of fused-ring (bicyclic) bond motifs is 1. The van der Waals surface area contributed by atoms with E-state index in [1.54, 1.807) is 6.20 Å². The van der Waals surface area contributed by atoms with E-state index in [0.29, 0.717) is 0 Å². The van der Waals surface area contributed by atoms with E-state index in [-0.39, 0.29) is 0 Å². The molecule has 0 saturated carbocycles. The summed E-state index contributed by atoms with van der Waals surface area (Å²) in [6, 6.07) is 5.98. The fraction of sp³-hybridized carbons (Fsp3) is 0.182. The number of aromatic nitrogens is 2. The maximum Gasteiger partial charge on any atom is 0.0881 e. The number of aromatic amines is 1. The molecule has 0 aliphatic heterocycles. The molecule has 2 heteroatoms. The fourth-order valence-corrected chi connectivity index (χ4v) is 1.35. The van der Waals surface area contributed by atoms with Crippen LogP contribution in [0.5, 0.6) is 0 Å². The highest BCUT2D eigenvalue weighted by Crippen LogP contribution is 2.12. The molecule has 0 atom stereocenters. The van der Waals surface area contributed by atoms with Crippen molar-refractivity contribution >= 4 is 11.0 Å². The number of aryl methyl sites for hydroxylation is 1. The van der Waals surface area contributed by atoms with Crippen LogP contribution in [0.4, 0.5) is 0 Å². The van der Waals surface area contributed by atoms with Crippen molar-refractivity contribution in [1.29, 1.82) is 0 Å². The van der Waals surface area contributed by atoms with Crippen LogP contribution in [-0.2, 0) is 6.42 Å². The number of nitrogens with zero attached hydrogens (tertiary/aromatic N) is 1. The summed E-state index contributed by atoms with van der Waals surface area (Å²) in [5, 5.41) is 0. The first-order valence-electron chi connectivity index (χ1n) is 4.26. The van der Waals surface area contributed by atoms with Gasteiger partial charge in [-0.2, -0.15) is 0 Å². The van der Waals surface area contributed by atoms with Gasteiger partial charge in [0.05, 0.1) is 11.0 Å². The first kappa shape index (κ1) is 7.88. The molecule has 13 heavy (non-hydrogen) atoms. The van der Waals surface area contributed by atoms with Crippen LogP contribution in [0.2, 0.25) is 0 Å². The smallest absolute Gasteiger partial charge is 0.0881 e. The van der Waals surface area contributed by atoms with Crippen LogP contribution in [0.3, 0.4) is 0 Å². The summed E-state index contributed by atoms with van der Waals surface area (Å²) in [6.07, 6.45) is 8.65. The number of nitrogens with one attached hydrogen (secondary N) is 1. The molecule has 0 unspecified atom stereocenters. The van der Waals surface area contributed by atoms with Gasteiger partial charge in [0.25, 0.3) is 0 Å². The van der Waals surface area contributed by atoms with Gasteiger partial charge in [0, 0.05) is 18.3 Å². The van der Waals surface area contributed by atoms with Gasteiger partial charge in [0.15, 0.2) is 0 Å². The third-order valence-electron chi connectivity index (χ3n) is 1.98. The Morgan fingerprint density at radius 2 is 2.46 bits per heavy atom. The Kier molecular flexibility index (Phi) is 2.01. The highest BCUT2D eigenvalue weighted by atomic mass is 14.8. The average molecular weight is 170 g/mol. The molecular weight excluding hydrogens is 160 g/mol. The topological polar surface area (TPSA) is 28.7 Å². The van der Waals surface area contributed by atoms with Crippen molar-refractivity contribution in [3.8, 4) is 12.3 Å². The van der Waals surface area contributed by atoms with Crippen molar-refractivity contribution < 1.29 is 0 Å². The molecule has 0 bridgehead atoms. The Bertz CT molecular complexity index is 415. The number of pyridine rings is 1. The van der Waals surface area contributed by atoms with Crippen molar-refractivity contribution in [2.45, 2.75) is 12.8 Å². The summed E-state index contributed by atoms with van der Waals surface area (Å²) in [4.78, 5) is 7.50. The van der Waals surface area contributed by atoms with Crippen LogP contribution in [-0.4, -0.2) is 9.97 Å². The molecule has 0 saturated heterocycles. The molecule has 0 radical (unpaired) electrons. The van der Waals surface area contributed by atoms with Crippen molar-refractivity contribution in [3.05, 3.63) is 30.1 Å². The van der Waals surface area contributed by atoms with Gasteiger partial charge in [0.1, 0.15) is 0 Å². The quantitative estimate of drug-likeness (QED) is 0.687. The van der Waals surface area contributed by atoms with Gasteiger partial charge in [-0.1, -0.05) is 0 Å². The van der Waals surface area contributed by atoms with Gasteiger partial charge in [0.2, 0.25) is 0 Å². The molecule has 2 heterocycles. The molecule has 0 aromatic carbocycles. The number of terminal acetylenes is 1. The van der Waals surface area contributed by atoms with Gasteiger partial charge in [-0.3, -0.25) is 4.98 Å². The maximum absolute atomic E-state index is 5.19. The fourth-order valence-electron chi connectivity index (χ4n) is 1.35. The van der Waals surface area contributed by atoms with Gasteiger partial charge >= 0.3 is 0 Å². The van der Waals surface area contributed by atoms with Gasteiger partial charge in [-0.25, -0.2) is 0 Å². The average Bonchev–Trinajstić information content (AvgIpc) is 2.57. The number of hydrogen-bond donors (Lipinski definition) is 1. The normalized spacial score (nSPS) is 10.1. The molecular formula is C11H10N2. The Hall–Kier alpha value is -1.75. The van der Waals surface area contributed by atoms with Gasteiger partial charge < -0.3 is 4.98 Å². The molecule has 2 aromatic heterocycles. The molecule has 0 fully saturated rings. The molecule has 2 aromatic rings. The summed E-state index contributed by atoms with van der Waals surface area (Å²) in [5.41, 5.74) is 3.25. The molecule has 2 rings (SSSR count). The van der Waals surface area contributed by atoms with E-state index >= 15 is 0 Å². The van der Waals surface area contributed by atoms with Gasteiger partial charge in [-0.05, 0) is 24.6 Å². The summed E-state index contributed by atoms with van der Waals surface area (Å²) in [5.74, 6) is 2.62. The maximum atomic E-state index is 5.19. The van der Waals surface area contributed by atoms with Crippen molar-refractivity contribution in [2.24, 2.45) is 0 Å². The lowest BCUT2D eigenvalue weighted by atomic mass is 10.2. The highest BCUT2D eigenvalue weighted by Gasteiger charge is 1.98. The lowest BCUT2D eigenvalue weighted by Crippen LogP contribution is -1.81. The van der Waals surface area contributed by atoms with Crippen molar-refractivity contribution in [3.63, 3.8) is 0 Å². The van der Waals surface area contributed by atoms with Crippen LogP contribution in [0.25, 0.3) is 11.0 Å². The number of H-pyrrole nitrogens is 1. The Morgan fingerprint density at radius 3 is 3.23 bits per heavy atom. The first-order chi connectivity index (χ1) is 6.40. The monoisotopic (exact) mass is 170 g/mol.